The van der Waals surface area contributed by atoms with Crippen molar-refractivity contribution in [3.05, 3.63) is 107 Å². The van der Waals surface area contributed by atoms with Crippen LogP contribution >= 0.6 is 0 Å². The van der Waals surface area contributed by atoms with E-state index in [-0.39, 0.29) is 6.61 Å². The molecule has 0 bridgehead atoms. The van der Waals surface area contributed by atoms with E-state index in [9.17, 15) is 9.59 Å². The lowest BCUT2D eigenvalue weighted by atomic mass is 10.0. The number of rotatable bonds is 24. The van der Waals surface area contributed by atoms with Gasteiger partial charge in [-0.3, -0.25) is 0 Å². The van der Waals surface area contributed by atoms with E-state index in [1.165, 1.54) is 114 Å². The highest BCUT2D eigenvalue weighted by Crippen LogP contribution is 2.22. The van der Waals surface area contributed by atoms with E-state index < -0.39 is 18.0 Å². The summed E-state index contributed by atoms with van der Waals surface area (Å²) in [5.74, 6) is -0.838. The van der Waals surface area contributed by atoms with Crippen molar-refractivity contribution in [3.8, 4) is 0 Å². The van der Waals surface area contributed by atoms with Crippen LogP contribution in [0.1, 0.15) is 160 Å². The van der Waals surface area contributed by atoms with Gasteiger partial charge >= 0.3 is 11.9 Å². The Bertz CT molecular complexity index is 1220. The van der Waals surface area contributed by atoms with E-state index in [2.05, 4.69) is 13.8 Å². The molecule has 1 unspecified atom stereocenters. The van der Waals surface area contributed by atoms with Crippen molar-refractivity contribution in [3.63, 3.8) is 0 Å². The highest BCUT2D eigenvalue weighted by atomic mass is 16.6. The van der Waals surface area contributed by atoms with E-state index in [4.69, 9.17) is 9.47 Å². The summed E-state index contributed by atoms with van der Waals surface area (Å²) in [6.07, 6.45) is 22.1. The number of esters is 2. The van der Waals surface area contributed by atoms with E-state index in [0.717, 1.165) is 18.4 Å². The Balaban J connectivity index is 1.44. The molecule has 1 atom stereocenters. The smallest absolute Gasteiger partial charge is 0.338 e. The molecule has 3 aromatic carbocycles. The third-order valence-corrected chi connectivity index (χ3v) is 8.80. The Morgan fingerprint density at radius 2 is 0.913 bits per heavy atom. The van der Waals surface area contributed by atoms with Crippen LogP contribution in [0.5, 0.6) is 0 Å². The first-order valence-electron chi connectivity index (χ1n) is 18.2. The quantitative estimate of drug-likeness (QED) is 0.0733. The normalized spacial score (nSPS) is 11.7. The second-order valence-electron chi connectivity index (χ2n) is 12.7. The van der Waals surface area contributed by atoms with Crippen LogP contribution in [0, 0.1) is 0 Å². The summed E-state index contributed by atoms with van der Waals surface area (Å²) in [7, 11) is 0. The molecule has 0 amide bonds. The van der Waals surface area contributed by atoms with Crippen LogP contribution < -0.4 is 0 Å². The number of unbranched alkanes of at least 4 members (excludes halogenated alkanes) is 14. The molecule has 0 aliphatic heterocycles. The molecule has 0 saturated heterocycles. The highest BCUT2D eigenvalue weighted by molar-refractivity contribution is 5.90. The summed E-state index contributed by atoms with van der Waals surface area (Å²) in [6, 6.07) is 24.9. The van der Waals surface area contributed by atoms with Crippen LogP contribution in [0.2, 0.25) is 0 Å². The lowest BCUT2D eigenvalue weighted by Gasteiger charge is -2.19. The minimum Gasteiger partial charge on any atom is -0.458 e. The molecular weight excluding hydrogens is 568 g/mol. The topological polar surface area (TPSA) is 52.6 Å². The van der Waals surface area contributed by atoms with Gasteiger partial charge in [0.25, 0.3) is 0 Å². The molecular formula is C42H58O4. The average molecular weight is 627 g/mol. The van der Waals surface area contributed by atoms with Gasteiger partial charge in [-0.15, -0.1) is 0 Å². The standard InChI is InChI=1S/C42H58O4/c1-3-5-7-9-11-13-15-18-22-35-26-30-38(31-27-35)41(43)45-34-40(37-24-20-17-21-25-37)46-42(44)39-32-28-36(29-33-39)23-19-16-14-12-10-8-6-4-2/h17,20-21,24-33,40H,3-16,18-19,22-23,34H2,1-2H3. The monoisotopic (exact) mass is 626 g/mol. The van der Waals surface area contributed by atoms with Gasteiger partial charge in [0.2, 0.25) is 0 Å². The van der Waals surface area contributed by atoms with Gasteiger partial charge in [0.1, 0.15) is 6.61 Å². The minimum absolute atomic E-state index is 0.0505. The molecule has 4 heteroatoms. The Hall–Kier alpha value is -3.40. The van der Waals surface area contributed by atoms with Gasteiger partial charge in [-0.25, -0.2) is 9.59 Å². The molecule has 250 valence electrons. The first kappa shape index (κ1) is 37.1. The number of carbonyl (C=O) groups is 2. The molecule has 0 aromatic heterocycles. The molecule has 0 aliphatic carbocycles. The number of aryl methyl sites for hydroxylation is 2. The number of carbonyl (C=O) groups excluding carboxylic acids is 2. The van der Waals surface area contributed by atoms with E-state index >= 15 is 0 Å². The van der Waals surface area contributed by atoms with Gasteiger partial charge < -0.3 is 9.47 Å². The van der Waals surface area contributed by atoms with Crippen molar-refractivity contribution in [2.24, 2.45) is 0 Å². The summed E-state index contributed by atoms with van der Waals surface area (Å²) in [6.45, 7) is 4.45. The molecule has 0 fully saturated rings. The van der Waals surface area contributed by atoms with Crippen LogP contribution in [0.3, 0.4) is 0 Å². The number of ether oxygens (including phenoxy) is 2. The fourth-order valence-electron chi connectivity index (χ4n) is 5.84. The molecule has 0 radical (unpaired) electrons. The molecule has 0 saturated carbocycles. The molecule has 3 aromatic rings. The molecule has 3 rings (SSSR count). The molecule has 0 N–H and O–H groups in total. The van der Waals surface area contributed by atoms with Crippen molar-refractivity contribution in [2.75, 3.05) is 6.61 Å². The number of hydrogen-bond donors (Lipinski definition) is 0. The summed E-state index contributed by atoms with van der Waals surface area (Å²) in [5.41, 5.74) is 4.27. The lowest BCUT2D eigenvalue weighted by Crippen LogP contribution is -2.19. The van der Waals surface area contributed by atoms with Crippen molar-refractivity contribution in [2.45, 2.75) is 136 Å². The van der Waals surface area contributed by atoms with Crippen LogP contribution in [-0.2, 0) is 22.3 Å². The fraction of sp³-hybridized carbons (Fsp3) is 0.524. The first-order valence-corrected chi connectivity index (χ1v) is 18.2. The maximum Gasteiger partial charge on any atom is 0.338 e. The maximum atomic E-state index is 13.1. The van der Waals surface area contributed by atoms with Gasteiger partial charge in [-0.2, -0.15) is 0 Å². The van der Waals surface area contributed by atoms with Crippen LogP contribution in [0.25, 0.3) is 0 Å². The first-order chi connectivity index (χ1) is 22.6. The molecule has 0 heterocycles. The van der Waals surface area contributed by atoms with Crippen LogP contribution in [0.15, 0.2) is 78.9 Å². The van der Waals surface area contributed by atoms with Crippen LogP contribution in [0.4, 0.5) is 0 Å². The fourth-order valence-corrected chi connectivity index (χ4v) is 5.84. The van der Waals surface area contributed by atoms with Crippen molar-refractivity contribution >= 4 is 11.9 Å². The largest absolute Gasteiger partial charge is 0.458 e. The predicted octanol–water partition coefficient (Wildman–Crippen LogP) is 11.8. The van der Waals surface area contributed by atoms with Gasteiger partial charge in [-0.1, -0.05) is 158 Å². The zero-order chi connectivity index (χ0) is 32.7. The predicted molar refractivity (Wildman–Crippen MR) is 190 cm³/mol. The minimum atomic E-state index is -0.698. The SMILES string of the molecule is CCCCCCCCCCc1ccc(C(=O)OCC(OC(=O)c2ccc(CCCCCCCCCC)cc2)c2ccccc2)cc1. The van der Waals surface area contributed by atoms with E-state index in [1.54, 1.807) is 0 Å². The number of benzene rings is 3. The molecule has 46 heavy (non-hydrogen) atoms. The zero-order valence-electron chi connectivity index (χ0n) is 28.7. The van der Waals surface area contributed by atoms with E-state index in [0.29, 0.717) is 11.1 Å². The molecule has 4 nitrogen and oxygen atoms in total. The Morgan fingerprint density at radius 3 is 1.37 bits per heavy atom. The lowest BCUT2D eigenvalue weighted by molar-refractivity contribution is -0.00133. The average Bonchev–Trinajstić information content (AvgIpc) is 3.09. The maximum absolute atomic E-state index is 13.1. The molecule has 0 spiro atoms. The number of hydrogen-bond acceptors (Lipinski definition) is 4. The molecule has 0 aliphatic rings. The summed E-state index contributed by atoms with van der Waals surface area (Å²) in [5, 5.41) is 0. The van der Waals surface area contributed by atoms with Gasteiger partial charge in [0, 0.05) is 0 Å². The summed E-state index contributed by atoms with van der Waals surface area (Å²) in [4.78, 5) is 26.0. The third-order valence-electron chi connectivity index (χ3n) is 8.80. The van der Waals surface area contributed by atoms with Crippen LogP contribution in [-0.4, -0.2) is 18.5 Å². The Kier molecular flexibility index (Phi) is 18.5. The van der Waals surface area contributed by atoms with Crippen molar-refractivity contribution in [1.82, 2.24) is 0 Å². The van der Waals surface area contributed by atoms with Crippen molar-refractivity contribution in [1.29, 1.82) is 0 Å². The third kappa shape index (κ3) is 14.8. The summed E-state index contributed by atoms with van der Waals surface area (Å²) < 4.78 is 11.6. The van der Waals surface area contributed by atoms with Gasteiger partial charge in [0.15, 0.2) is 6.10 Å². The second-order valence-corrected chi connectivity index (χ2v) is 12.7. The highest BCUT2D eigenvalue weighted by Gasteiger charge is 2.21. The van der Waals surface area contributed by atoms with Crippen molar-refractivity contribution < 1.29 is 19.1 Å². The second kappa shape index (κ2) is 23.0. The Morgan fingerprint density at radius 1 is 0.500 bits per heavy atom. The summed E-state index contributed by atoms with van der Waals surface area (Å²) >= 11 is 0. The van der Waals surface area contributed by atoms with Gasteiger partial charge in [0.05, 0.1) is 11.1 Å². The van der Waals surface area contributed by atoms with E-state index in [1.807, 2.05) is 78.9 Å². The Labute approximate surface area is 279 Å². The van der Waals surface area contributed by atoms with Gasteiger partial charge in [-0.05, 0) is 66.6 Å². The zero-order valence-corrected chi connectivity index (χ0v) is 28.7.